The molecule has 78 valence electrons. The van der Waals surface area contributed by atoms with Crippen molar-refractivity contribution >= 4 is 5.69 Å². The molecule has 15 heavy (non-hydrogen) atoms. The molecule has 5 heteroatoms. The second-order valence-electron chi connectivity index (χ2n) is 2.80. The topological polar surface area (TPSA) is 89.4 Å². The van der Waals surface area contributed by atoms with Crippen LogP contribution in [0.4, 0.5) is 5.69 Å². The van der Waals surface area contributed by atoms with E-state index in [4.69, 9.17) is 5.73 Å². The largest absolute Gasteiger partial charge is 0.502 e. The molecule has 1 aromatic rings. The first-order chi connectivity index (χ1) is 7.15. The molecular weight excluding hydrogens is 196 g/mol. The zero-order chi connectivity index (χ0) is 11.3. The molecule has 0 fully saturated rings. The molecule has 0 unspecified atom stereocenters. The number of nitrogens with two attached hydrogens (primary N) is 1. The fourth-order valence-electron chi connectivity index (χ4n) is 0.992. The summed E-state index contributed by atoms with van der Waals surface area (Å²) in [4.78, 5) is 9.74. The van der Waals surface area contributed by atoms with Gasteiger partial charge < -0.3 is 10.8 Å². The lowest BCUT2D eigenvalue weighted by Crippen LogP contribution is -1.95. The SMILES string of the molecule is NCCC#Cc1ccc([N+](=O)[O-])c(O)c1. The van der Waals surface area contributed by atoms with E-state index in [1.54, 1.807) is 0 Å². The van der Waals surface area contributed by atoms with Crippen LogP contribution in [0.15, 0.2) is 18.2 Å². The number of benzene rings is 1. The summed E-state index contributed by atoms with van der Waals surface area (Å²) in [6.45, 7) is 0.464. The summed E-state index contributed by atoms with van der Waals surface area (Å²) in [7, 11) is 0. The Bertz CT molecular complexity index is 432. The number of aromatic hydroxyl groups is 1. The van der Waals surface area contributed by atoms with Crippen molar-refractivity contribution in [3.8, 4) is 17.6 Å². The molecule has 0 heterocycles. The molecular formula is C10H10N2O3. The van der Waals surface area contributed by atoms with Crippen LogP contribution < -0.4 is 5.73 Å². The van der Waals surface area contributed by atoms with Gasteiger partial charge in [0.25, 0.3) is 0 Å². The van der Waals surface area contributed by atoms with Crippen LogP contribution in [0.2, 0.25) is 0 Å². The summed E-state index contributed by atoms with van der Waals surface area (Å²) >= 11 is 0. The Kier molecular flexibility index (Phi) is 3.66. The van der Waals surface area contributed by atoms with Crippen LogP contribution in [0.1, 0.15) is 12.0 Å². The fourth-order valence-corrected chi connectivity index (χ4v) is 0.992. The third kappa shape index (κ3) is 2.97. The predicted molar refractivity (Wildman–Crippen MR) is 55.3 cm³/mol. The van der Waals surface area contributed by atoms with Crippen LogP contribution >= 0.6 is 0 Å². The first kappa shape index (κ1) is 11.0. The molecule has 0 aliphatic carbocycles. The minimum atomic E-state index is -0.646. The van der Waals surface area contributed by atoms with Crippen molar-refractivity contribution in [2.75, 3.05) is 6.54 Å². The Morgan fingerprint density at radius 3 is 2.80 bits per heavy atom. The van der Waals surface area contributed by atoms with Gasteiger partial charge in [-0.2, -0.15) is 0 Å². The molecule has 5 nitrogen and oxygen atoms in total. The van der Waals surface area contributed by atoms with E-state index in [1.807, 2.05) is 0 Å². The van der Waals surface area contributed by atoms with Gasteiger partial charge in [-0.1, -0.05) is 11.8 Å². The maximum Gasteiger partial charge on any atom is 0.310 e. The Balaban J connectivity index is 2.93. The molecule has 0 aliphatic rings. The second-order valence-corrected chi connectivity index (χ2v) is 2.80. The molecule has 0 aliphatic heterocycles. The van der Waals surface area contributed by atoms with Crippen molar-refractivity contribution in [2.45, 2.75) is 6.42 Å². The Morgan fingerprint density at radius 1 is 1.53 bits per heavy atom. The minimum absolute atomic E-state index is 0.320. The number of phenols is 1. The van der Waals surface area contributed by atoms with Crippen molar-refractivity contribution in [1.82, 2.24) is 0 Å². The van der Waals surface area contributed by atoms with E-state index in [9.17, 15) is 15.2 Å². The molecule has 0 aromatic heterocycles. The van der Waals surface area contributed by atoms with Gasteiger partial charge in [0.2, 0.25) is 0 Å². The quantitative estimate of drug-likeness (QED) is 0.429. The molecule has 1 rings (SSSR count). The summed E-state index contributed by atoms with van der Waals surface area (Å²) < 4.78 is 0. The van der Waals surface area contributed by atoms with Gasteiger partial charge in [-0.15, -0.1) is 0 Å². The maximum absolute atomic E-state index is 10.4. The van der Waals surface area contributed by atoms with E-state index in [-0.39, 0.29) is 11.4 Å². The van der Waals surface area contributed by atoms with Crippen molar-refractivity contribution in [3.05, 3.63) is 33.9 Å². The normalized spacial score (nSPS) is 9.13. The average Bonchev–Trinajstić information content (AvgIpc) is 2.17. The smallest absolute Gasteiger partial charge is 0.310 e. The van der Waals surface area contributed by atoms with Crippen LogP contribution in [-0.4, -0.2) is 16.6 Å². The number of phenolic OH excluding ortho intramolecular Hbond substituents is 1. The van der Waals surface area contributed by atoms with Crippen molar-refractivity contribution in [2.24, 2.45) is 5.73 Å². The lowest BCUT2D eigenvalue weighted by atomic mass is 10.2. The number of nitro benzene ring substituents is 1. The van der Waals surface area contributed by atoms with Crippen LogP contribution in [0.25, 0.3) is 0 Å². The number of hydrogen-bond acceptors (Lipinski definition) is 4. The minimum Gasteiger partial charge on any atom is -0.502 e. The fraction of sp³-hybridized carbons (Fsp3) is 0.200. The highest BCUT2D eigenvalue weighted by atomic mass is 16.6. The highest BCUT2D eigenvalue weighted by Gasteiger charge is 2.11. The van der Waals surface area contributed by atoms with E-state index in [2.05, 4.69) is 11.8 Å². The number of nitrogens with zero attached hydrogens (tertiary/aromatic N) is 1. The third-order valence-corrected chi connectivity index (χ3v) is 1.67. The van der Waals surface area contributed by atoms with Gasteiger partial charge in [0, 0.05) is 30.7 Å². The van der Waals surface area contributed by atoms with Crippen LogP contribution in [-0.2, 0) is 0 Å². The first-order valence-corrected chi connectivity index (χ1v) is 4.31. The average molecular weight is 206 g/mol. The van der Waals surface area contributed by atoms with Gasteiger partial charge >= 0.3 is 5.69 Å². The molecule has 0 spiro atoms. The van der Waals surface area contributed by atoms with Gasteiger partial charge in [-0.05, 0) is 6.07 Å². The molecule has 0 atom stereocenters. The lowest BCUT2D eigenvalue weighted by Gasteiger charge is -1.95. The summed E-state index contributed by atoms with van der Waals surface area (Å²) in [5.74, 6) is 5.14. The summed E-state index contributed by atoms with van der Waals surface area (Å²) in [6, 6.07) is 3.98. The number of hydrogen-bond donors (Lipinski definition) is 2. The third-order valence-electron chi connectivity index (χ3n) is 1.67. The van der Waals surface area contributed by atoms with Gasteiger partial charge in [-0.25, -0.2) is 0 Å². The monoisotopic (exact) mass is 206 g/mol. The van der Waals surface area contributed by atoms with Crippen LogP contribution in [0.3, 0.4) is 0 Å². The van der Waals surface area contributed by atoms with Crippen molar-refractivity contribution < 1.29 is 10.0 Å². The van der Waals surface area contributed by atoms with Crippen molar-refractivity contribution in [3.63, 3.8) is 0 Å². The van der Waals surface area contributed by atoms with Crippen LogP contribution in [0, 0.1) is 22.0 Å². The molecule has 0 saturated carbocycles. The molecule has 1 aromatic carbocycles. The summed E-state index contributed by atoms with van der Waals surface area (Å²) in [6.07, 6.45) is 0.553. The van der Waals surface area contributed by atoms with E-state index in [0.717, 1.165) is 0 Å². The predicted octanol–water partition coefficient (Wildman–Crippen LogP) is 1.00. The molecule has 0 saturated heterocycles. The Hall–Kier alpha value is -2.06. The Labute approximate surface area is 86.7 Å². The summed E-state index contributed by atoms with van der Waals surface area (Å²) in [5, 5.41) is 19.7. The molecule has 3 N–H and O–H groups in total. The molecule has 0 bridgehead atoms. The number of nitro groups is 1. The van der Waals surface area contributed by atoms with E-state index < -0.39 is 4.92 Å². The van der Waals surface area contributed by atoms with Gasteiger partial charge in [0.05, 0.1) is 4.92 Å². The van der Waals surface area contributed by atoms with E-state index in [1.165, 1.54) is 18.2 Å². The molecule has 0 amide bonds. The zero-order valence-corrected chi connectivity index (χ0v) is 7.93. The maximum atomic E-state index is 10.4. The molecule has 0 radical (unpaired) electrons. The first-order valence-electron chi connectivity index (χ1n) is 4.31. The second kappa shape index (κ2) is 4.98. The van der Waals surface area contributed by atoms with Gasteiger partial charge in [0.1, 0.15) is 0 Å². The summed E-state index contributed by atoms with van der Waals surface area (Å²) in [5.41, 5.74) is 5.46. The van der Waals surface area contributed by atoms with Crippen LogP contribution in [0.5, 0.6) is 5.75 Å². The standard InChI is InChI=1S/C10H10N2O3/c11-6-2-1-3-8-4-5-9(12(14)15)10(13)7-8/h4-5,7,13H,2,6,11H2. The van der Waals surface area contributed by atoms with Crippen molar-refractivity contribution in [1.29, 1.82) is 0 Å². The highest BCUT2D eigenvalue weighted by Crippen LogP contribution is 2.25. The van der Waals surface area contributed by atoms with Gasteiger partial charge in [-0.3, -0.25) is 10.1 Å². The number of rotatable bonds is 2. The lowest BCUT2D eigenvalue weighted by molar-refractivity contribution is -0.385. The highest BCUT2D eigenvalue weighted by molar-refractivity contribution is 5.51. The zero-order valence-electron chi connectivity index (χ0n) is 7.93. The van der Waals surface area contributed by atoms with E-state index >= 15 is 0 Å². The Morgan fingerprint density at radius 2 is 2.27 bits per heavy atom. The van der Waals surface area contributed by atoms with E-state index in [0.29, 0.717) is 18.5 Å². The van der Waals surface area contributed by atoms with Gasteiger partial charge in [0.15, 0.2) is 5.75 Å².